The van der Waals surface area contributed by atoms with Gasteiger partial charge in [-0.25, -0.2) is 0 Å². The van der Waals surface area contributed by atoms with Crippen molar-refractivity contribution in [2.75, 3.05) is 100 Å². The second-order valence-electron chi connectivity index (χ2n) is 18.4. The van der Waals surface area contributed by atoms with E-state index in [9.17, 15) is 28.8 Å². The van der Waals surface area contributed by atoms with Crippen LogP contribution in [0.2, 0.25) is 0 Å². The van der Waals surface area contributed by atoms with Gasteiger partial charge in [-0.15, -0.1) is 0 Å². The van der Waals surface area contributed by atoms with Crippen LogP contribution in [0.4, 0.5) is 0 Å². The highest BCUT2D eigenvalue weighted by atomic mass is 16.5. The van der Waals surface area contributed by atoms with Gasteiger partial charge in [-0.2, -0.15) is 0 Å². The van der Waals surface area contributed by atoms with E-state index in [0.717, 1.165) is 33.4 Å². The van der Waals surface area contributed by atoms with Gasteiger partial charge in [0.05, 0.1) is 41.0 Å². The predicted octanol–water partition coefficient (Wildman–Crippen LogP) is 2.32. The van der Waals surface area contributed by atoms with Crippen molar-refractivity contribution < 1.29 is 57.2 Å². The van der Waals surface area contributed by atoms with Crippen LogP contribution in [-0.2, 0) is 48.0 Å². The number of carbonyl (C=O) groups excluding carboxylic acids is 6. The maximum Gasteiger partial charge on any atom is 0.261 e. The van der Waals surface area contributed by atoms with E-state index < -0.39 is 17.7 Å². The van der Waals surface area contributed by atoms with E-state index in [2.05, 4.69) is 16.0 Å². The summed E-state index contributed by atoms with van der Waals surface area (Å²) in [4.78, 5) is 88.2. The van der Waals surface area contributed by atoms with Gasteiger partial charge in [0.25, 0.3) is 17.7 Å². The van der Waals surface area contributed by atoms with Crippen LogP contribution in [0.15, 0.2) is 36.4 Å². The average molecular weight is 972 g/mol. The predicted molar refractivity (Wildman–Crippen MR) is 260 cm³/mol. The van der Waals surface area contributed by atoms with Crippen molar-refractivity contribution in [2.24, 2.45) is 0 Å². The molecule has 10 bridgehead atoms. The molecule has 3 aromatic rings. The average Bonchev–Trinajstić information content (AvgIpc) is 3.37. The van der Waals surface area contributed by atoms with Gasteiger partial charge < -0.3 is 59.1 Å². The molecular weight excluding hydrogens is 903 g/mol. The molecule has 0 radical (unpaired) electrons. The Morgan fingerprint density at radius 3 is 0.929 bits per heavy atom. The molecule has 19 nitrogen and oxygen atoms in total. The summed E-state index contributed by atoms with van der Waals surface area (Å²) in [6, 6.07) is 10.2. The number of nitrogens with one attached hydrogen (secondary N) is 3. The van der Waals surface area contributed by atoms with Crippen LogP contribution < -0.4 is 44.4 Å². The molecule has 6 amide bonds. The number of nitrogens with zero attached hydrogens (tertiary/aromatic N) is 4. The highest BCUT2D eigenvalue weighted by molar-refractivity contribution is 5.87. The van der Waals surface area contributed by atoms with Crippen LogP contribution in [0.3, 0.4) is 0 Å². The van der Waals surface area contributed by atoms with Crippen molar-refractivity contribution in [3.8, 4) is 34.5 Å². The number of ether oxygens (including phenoxy) is 6. The first-order valence-electron chi connectivity index (χ1n) is 23.9. The van der Waals surface area contributed by atoms with Crippen LogP contribution in [0, 0.1) is 0 Å². The summed E-state index contributed by atoms with van der Waals surface area (Å²) in [6.07, 6.45) is 1.13. The second-order valence-corrected chi connectivity index (χ2v) is 18.4. The molecule has 6 heterocycles. The van der Waals surface area contributed by atoms with Gasteiger partial charge in [-0.3, -0.25) is 33.7 Å². The molecule has 7 aliphatic rings. The summed E-state index contributed by atoms with van der Waals surface area (Å²) < 4.78 is 36.5. The van der Waals surface area contributed by atoms with Gasteiger partial charge in [0.1, 0.15) is 0 Å². The quantitative estimate of drug-likeness (QED) is 0.254. The third-order valence-corrected chi connectivity index (χ3v) is 12.7. The molecule has 0 fully saturated rings. The highest BCUT2D eigenvalue weighted by Crippen LogP contribution is 2.41. The van der Waals surface area contributed by atoms with E-state index in [4.69, 9.17) is 28.4 Å². The molecule has 0 saturated heterocycles. The van der Waals surface area contributed by atoms with Gasteiger partial charge in [-0.1, -0.05) is 0 Å². The maximum atomic E-state index is 13.9. The molecule has 1 aliphatic carbocycles. The lowest BCUT2D eigenvalue weighted by atomic mass is 9.94. The topological polar surface area (TPSA) is 207 Å². The Morgan fingerprint density at radius 1 is 0.429 bits per heavy atom. The molecule has 0 spiro atoms. The number of amides is 6. The zero-order valence-corrected chi connectivity index (χ0v) is 42.0. The van der Waals surface area contributed by atoms with E-state index in [1.807, 2.05) is 82.8 Å². The number of hydrogen-bond donors (Lipinski definition) is 3. The maximum absolute atomic E-state index is 13.9. The van der Waals surface area contributed by atoms with E-state index in [0.29, 0.717) is 73.4 Å². The monoisotopic (exact) mass is 972 g/mol. The van der Waals surface area contributed by atoms with Crippen molar-refractivity contribution >= 4 is 35.4 Å². The van der Waals surface area contributed by atoms with Crippen LogP contribution in [0.5, 0.6) is 34.5 Å². The number of carbonyl (C=O) groups is 6. The second kappa shape index (κ2) is 24.2. The third-order valence-electron chi connectivity index (χ3n) is 12.7. The molecule has 0 saturated carbocycles. The van der Waals surface area contributed by atoms with Crippen LogP contribution >= 0.6 is 0 Å². The minimum absolute atomic E-state index is 0.192. The van der Waals surface area contributed by atoms with E-state index in [1.54, 1.807) is 0 Å². The van der Waals surface area contributed by atoms with Gasteiger partial charge in [0.15, 0.2) is 54.3 Å². The highest BCUT2D eigenvalue weighted by Gasteiger charge is 2.28. The first-order valence-corrected chi connectivity index (χ1v) is 23.9. The largest absolute Gasteiger partial charge is 0.493 e. The van der Waals surface area contributed by atoms with Crippen molar-refractivity contribution in [1.29, 1.82) is 0 Å². The molecule has 3 N–H and O–H groups in total. The standard InChI is InChI=1S/C51H69N7O12/c1-31(2)56-25-46(59)52-10-13-55-14-11-53-47(60)26-57(32(3)4)50(63)29-69-44-23-38-17-34-19-40(65-7)43(68-28-49(56)62)22-37(34)16-35-20-41(66-8)45(24-39(35)18-36(38)21-42(44)67-9)70-30-51(64)58(33(5)6)27-48(61)54-12-15-55/h19-24,31-33H,10-18,25-30H2,1-9H3,(H,52,59)(H,53,60)(H,54,61). The van der Waals surface area contributed by atoms with Crippen LogP contribution in [-0.4, -0.2) is 173 Å². The van der Waals surface area contributed by atoms with Gasteiger partial charge >= 0.3 is 0 Å². The Morgan fingerprint density at radius 2 is 0.686 bits per heavy atom. The van der Waals surface area contributed by atoms with Gasteiger partial charge in [0.2, 0.25) is 17.7 Å². The van der Waals surface area contributed by atoms with Gasteiger partial charge in [-0.05, 0) is 131 Å². The van der Waals surface area contributed by atoms with Crippen LogP contribution in [0.25, 0.3) is 0 Å². The number of rotatable bonds is 6. The lowest BCUT2D eigenvalue weighted by molar-refractivity contribution is -0.139. The van der Waals surface area contributed by atoms with Crippen molar-refractivity contribution in [1.82, 2.24) is 35.6 Å². The Kier molecular flexibility index (Phi) is 18.2. The fourth-order valence-electron chi connectivity index (χ4n) is 8.72. The van der Waals surface area contributed by atoms with E-state index in [1.165, 1.54) is 36.0 Å². The summed E-state index contributed by atoms with van der Waals surface area (Å²) in [5.41, 5.74) is 5.15. The molecule has 380 valence electrons. The number of methoxy groups -OCH3 is 3. The first-order chi connectivity index (χ1) is 33.5. The Bertz CT molecular complexity index is 2150. The van der Waals surface area contributed by atoms with E-state index in [-0.39, 0.29) is 94.9 Å². The van der Waals surface area contributed by atoms with Crippen LogP contribution in [0.1, 0.15) is 74.9 Å². The molecule has 10 rings (SSSR count). The lowest BCUT2D eigenvalue weighted by Gasteiger charge is -2.28. The summed E-state index contributed by atoms with van der Waals surface area (Å²) >= 11 is 0. The van der Waals surface area contributed by atoms with Crippen molar-refractivity contribution in [3.05, 3.63) is 69.8 Å². The first kappa shape index (κ1) is 52.6. The smallest absolute Gasteiger partial charge is 0.261 e. The summed E-state index contributed by atoms with van der Waals surface area (Å²) in [6.45, 7) is 10.7. The number of hydrogen-bond acceptors (Lipinski definition) is 13. The van der Waals surface area contributed by atoms with Gasteiger partial charge in [0, 0.05) is 57.4 Å². The molecule has 0 atom stereocenters. The molecule has 6 aliphatic heterocycles. The number of benzene rings is 3. The van der Waals surface area contributed by atoms with E-state index >= 15 is 0 Å². The third kappa shape index (κ3) is 13.5. The summed E-state index contributed by atoms with van der Waals surface area (Å²) in [5, 5.41) is 8.73. The zero-order valence-electron chi connectivity index (χ0n) is 42.0. The molecule has 19 heteroatoms. The fourth-order valence-corrected chi connectivity index (χ4v) is 8.72. The molecule has 70 heavy (non-hydrogen) atoms. The fraction of sp³-hybridized carbons (Fsp3) is 0.529. The molecule has 3 aromatic carbocycles. The van der Waals surface area contributed by atoms with Crippen molar-refractivity contribution in [2.45, 2.75) is 78.9 Å². The summed E-state index contributed by atoms with van der Waals surface area (Å²) in [7, 11) is 4.57. The SMILES string of the molecule is COc1cc2c3cc1OCC(=O)N(C(C)C)CC(=O)NCCN1CCNC(=O)CN(C(C)C)C(=O)COc4cc(c(cc4OC)C3)Cc3cc(OC)c(cc3C2)OCC(=O)N(C(C)C)CC(=O)NCC1. The zero-order chi connectivity index (χ0) is 50.6. The Balaban J connectivity index is 1.53. The number of fused-ring (bicyclic) bond motifs is 3. The molecule has 0 unspecified atom stereocenters. The lowest BCUT2D eigenvalue weighted by Crippen LogP contribution is -2.49. The minimum Gasteiger partial charge on any atom is -0.493 e. The molecular formula is C51H69N7O12. The minimum atomic E-state index is -0.402. The Labute approximate surface area is 410 Å². The summed E-state index contributed by atoms with van der Waals surface area (Å²) in [5.74, 6) is -0.201. The Hall–Kier alpha value is -6.76. The molecule has 0 aromatic heterocycles. The van der Waals surface area contributed by atoms with Crippen molar-refractivity contribution in [3.63, 3.8) is 0 Å². The normalized spacial score (nSPS) is 17.7.